The van der Waals surface area contributed by atoms with Crippen LogP contribution >= 0.6 is 11.6 Å². The topological polar surface area (TPSA) is 26.3 Å². The first-order chi connectivity index (χ1) is 9.60. The van der Waals surface area contributed by atoms with E-state index in [9.17, 15) is 9.18 Å². The van der Waals surface area contributed by atoms with Crippen molar-refractivity contribution in [3.8, 4) is 5.75 Å². The molecule has 0 saturated heterocycles. The highest BCUT2D eigenvalue weighted by Gasteiger charge is 2.12. The van der Waals surface area contributed by atoms with Crippen LogP contribution in [0.1, 0.15) is 11.1 Å². The van der Waals surface area contributed by atoms with Gasteiger partial charge in [0.2, 0.25) is 0 Å². The molecule has 4 heteroatoms. The van der Waals surface area contributed by atoms with Crippen LogP contribution in [-0.4, -0.2) is 12.9 Å². The Morgan fingerprint density at radius 1 is 1.15 bits per heavy atom. The zero-order valence-electron chi connectivity index (χ0n) is 11.0. The molecule has 2 aromatic rings. The van der Waals surface area contributed by atoms with Gasteiger partial charge < -0.3 is 4.74 Å². The van der Waals surface area contributed by atoms with Crippen molar-refractivity contribution in [2.75, 3.05) is 7.11 Å². The van der Waals surface area contributed by atoms with Crippen LogP contribution in [-0.2, 0) is 17.6 Å². The molecule has 0 heterocycles. The fraction of sp³-hybridized carbons (Fsp3) is 0.188. The Kier molecular flexibility index (Phi) is 4.74. The molecule has 0 aromatic heterocycles. The van der Waals surface area contributed by atoms with Crippen molar-refractivity contribution in [1.29, 1.82) is 0 Å². The number of ketones is 1. The lowest BCUT2D eigenvalue weighted by Crippen LogP contribution is -2.08. The molecule has 0 bridgehead atoms. The molecule has 0 aliphatic rings. The van der Waals surface area contributed by atoms with Crippen molar-refractivity contribution >= 4 is 17.4 Å². The SMILES string of the molecule is COc1ccc(Cl)cc1CC(=O)Cc1ccccc1F. The van der Waals surface area contributed by atoms with E-state index in [1.807, 2.05) is 0 Å². The molecule has 0 saturated carbocycles. The standard InChI is InChI=1S/C16H14ClFO2/c1-20-16-7-6-13(17)8-12(16)10-14(19)9-11-4-2-3-5-15(11)18/h2-8H,9-10H2,1H3. The summed E-state index contributed by atoms with van der Waals surface area (Å²) in [6, 6.07) is 11.4. The minimum atomic E-state index is -0.362. The first-order valence-corrected chi connectivity index (χ1v) is 6.55. The number of hydrogen-bond acceptors (Lipinski definition) is 2. The number of benzene rings is 2. The molecular weight excluding hydrogens is 279 g/mol. The van der Waals surface area contributed by atoms with E-state index in [1.165, 1.54) is 13.2 Å². The first-order valence-electron chi connectivity index (χ1n) is 6.17. The molecule has 0 spiro atoms. The molecule has 2 nitrogen and oxygen atoms in total. The summed E-state index contributed by atoms with van der Waals surface area (Å²) in [5, 5.41) is 0.541. The van der Waals surface area contributed by atoms with Crippen LogP contribution < -0.4 is 4.74 Å². The Labute approximate surface area is 122 Å². The van der Waals surface area contributed by atoms with Crippen LogP contribution in [0.15, 0.2) is 42.5 Å². The number of hydrogen-bond donors (Lipinski definition) is 0. The van der Waals surface area contributed by atoms with E-state index >= 15 is 0 Å². The van der Waals surface area contributed by atoms with Gasteiger partial charge in [-0.1, -0.05) is 29.8 Å². The zero-order chi connectivity index (χ0) is 14.5. The summed E-state index contributed by atoms with van der Waals surface area (Å²) in [4.78, 5) is 12.0. The number of methoxy groups -OCH3 is 1. The molecule has 104 valence electrons. The fourth-order valence-corrected chi connectivity index (χ4v) is 2.21. The average molecular weight is 293 g/mol. The van der Waals surface area contributed by atoms with E-state index < -0.39 is 0 Å². The maximum Gasteiger partial charge on any atom is 0.141 e. The second kappa shape index (κ2) is 6.53. The van der Waals surface area contributed by atoms with Gasteiger partial charge >= 0.3 is 0 Å². The van der Waals surface area contributed by atoms with Crippen LogP contribution in [0.3, 0.4) is 0 Å². The van der Waals surface area contributed by atoms with E-state index in [0.29, 0.717) is 21.9 Å². The number of carbonyl (C=O) groups is 1. The summed E-state index contributed by atoms with van der Waals surface area (Å²) in [6.45, 7) is 0. The Balaban J connectivity index is 2.12. The summed E-state index contributed by atoms with van der Waals surface area (Å²) < 4.78 is 18.7. The lowest BCUT2D eigenvalue weighted by molar-refractivity contribution is -0.117. The normalized spacial score (nSPS) is 10.3. The molecule has 0 radical (unpaired) electrons. The maximum atomic E-state index is 13.5. The number of rotatable bonds is 5. The highest BCUT2D eigenvalue weighted by Crippen LogP contribution is 2.23. The molecule has 20 heavy (non-hydrogen) atoms. The average Bonchev–Trinajstić information content (AvgIpc) is 2.41. The van der Waals surface area contributed by atoms with Crippen molar-refractivity contribution < 1.29 is 13.9 Å². The van der Waals surface area contributed by atoms with Gasteiger partial charge in [-0.15, -0.1) is 0 Å². The minimum Gasteiger partial charge on any atom is -0.496 e. The third-order valence-electron chi connectivity index (χ3n) is 2.98. The second-order valence-corrected chi connectivity index (χ2v) is 4.88. The maximum absolute atomic E-state index is 13.5. The number of carbonyl (C=O) groups excluding carboxylic acids is 1. The van der Waals surface area contributed by atoms with Gasteiger partial charge in [-0.25, -0.2) is 4.39 Å². The number of Topliss-reactive ketones (excluding diaryl/α,β-unsaturated/α-hetero) is 1. The molecule has 2 rings (SSSR count). The molecule has 0 amide bonds. The highest BCUT2D eigenvalue weighted by atomic mass is 35.5. The largest absolute Gasteiger partial charge is 0.496 e. The summed E-state index contributed by atoms with van der Waals surface area (Å²) in [5.41, 5.74) is 1.11. The number of ether oxygens (including phenoxy) is 1. The van der Waals surface area contributed by atoms with Crippen LogP contribution in [0.4, 0.5) is 4.39 Å². The van der Waals surface area contributed by atoms with Crippen molar-refractivity contribution in [3.05, 3.63) is 64.4 Å². The summed E-state index contributed by atoms with van der Waals surface area (Å²) >= 11 is 5.92. The van der Waals surface area contributed by atoms with E-state index in [4.69, 9.17) is 16.3 Å². The van der Waals surface area contributed by atoms with Crippen molar-refractivity contribution in [3.63, 3.8) is 0 Å². The third-order valence-corrected chi connectivity index (χ3v) is 3.21. The summed E-state index contributed by atoms with van der Waals surface area (Å²) in [7, 11) is 1.54. The first kappa shape index (κ1) is 14.5. The molecular formula is C16H14ClFO2. The predicted molar refractivity (Wildman–Crippen MR) is 76.8 cm³/mol. The van der Waals surface area contributed by atoms with Gasteiger partial charge in [-0.3, -0.25) is 4.79 Å². The lowest BCUT2D eigenvalue weighted by Gasteiger charge is -2.08. The quantitative estimate of drug-likeness (QED) is 0.837. The van der Waals surface area contributed by atoms with Crippen LogP contribution in [0.5, 0.6) is 5.75 Å². The van der Waals surface area contributed by atoms with Gasteiger partial charge in [0, 0.05) is 23.4 Å². The molecule has 0 aliphatic carbocycles. The molecule has 2 aromatic carbocycles. The predicted octanol–water partition coefficient (Wildman–Crippen LogP) is 3.84. The van der Waals surface area contributed by atoms with Crippen LogP contribution in [0.2, 0.25) is 5.02 Å². The van der Waals surface area contributed by atoms with E-state index in [0.717, 1.165) is 0 Å². The van der Waals surface area contributed by atoms with Gasteiger partial charge in [0.1, 0.15) is 17.3 Å². The highest BCUT2D eigenvalue weighted by molar-refractivity contribution is 6.30. The summed E-state index contributed by atoms with van der Waals surface area (Å²) in [6.07, 6.45) is 0.223. The Bertz CT molecular complexity index is 626. The molecule has 0 N–H and O–H groups in total. The van der Waals surface area contributed by atoms with Crippen LogP contribution in [0.25, 0.3) is 0 Å². The minimum absolute atomic E-state index is 0.0579. The van der Waals surface area contributed by atoms with E-state index in [2.05, 4.69) is 0 Å². The Hall–Kier alpha value is -1.87. The molecule has 0 aliphatic heterocycles. The molecule has 0 atom stereocenters. The van der Waals surface area contributed by atoms with Gasteiger partial charge in [0.25, 0.3) is 0 Å². The van der Waals surface area contributed by atoms with Crippen molar-refractivity contribution in [2.45, 2.75) is 12.8 Å². The second-order valence-electron chi connectivity index (χ2n) is 4.44. The fourth-order valence-electron chi connectivity index (χ4n) is 2.01. The molecule has 0 unspecified atom stereocenters. The smallest absolute Gasteiger partial charge is 0.141 e. The third kappa shape index (κ3) is 3.58. The van der Waals surface area contributed by atoms with Crippen molar-refractivity contribution in [2.24, 2.45) is 0 Å². The van der Waals surface area contributed by atoms with Gasteiger partial charge in [0.05, 0.1) is 7.11 Å². The van der Waals surface area contributed by atoms with Crippen LogP contribution in [0, 0.1) is 5.82 Å². The Morgan fingerprint density at radius 2 is 1.85 bits per heavy atom. The van der Waals surface area contributed by atoms with E-state index in [1.54, 1.807) is 36.4 Å². The van der Waals surface area contributed by atoms with Gasteiger partial charge in [-0.05, 0) is 29.8 Å². The molecule has 0 fully saturated rings. The zero-order valence-corrected chi connectivity index (χ0v) is 11.8. The summed E-state index contributed by atoms with van der Waals surface area (Å²) in [5.74, 6) is 0.158. The monoisotopic (exact) mass is 292 g/mol. The lowest BCUT2D eigenvalue weighted by atomic mass is 10.0. The van der Waals surface area contributed by atoms with E-state index in [-0.39, 0.29) is 24.4 Å². The van der Waals surface area contributed by atoms with Gasteiger partial charge in [-0.2, -0.15) is 0 Å². The van der Waals surface area contributed by atoms with Crippen molar-refractivity contribution in [1.82, 2.24) is 0 Å². The van der Waals surface area contributed by atoms with Gasteiger partial charge in [0.15, 0.2) is 0 Å². The Morgan fingerprint density at radius 3 is 2.55 bits per heavy atom. The number of halogens is 2.